The molecule has 2 fully saturated rings. The molecule has 25 heavy (non-hydrogen) atoms. The molecule has 2 aliphatic rings. The highest BCUT2D eigenvalue weighted by molar-refractivity contribution is 5.92. The summed E-state index contributed by atoms with van der Waals surface area (Å²) >= 11 is 0. The Morgan fingerprint density at radius 3 is 2.48 bits per heavy atom. The lowest BCUT2D eigenvalue weighted by molar-refractivity contribution is -0.117. The summed E-state index contributed by atoms with van der Waals surface area (Å²) in [5.74, 6) is 0.801. The first-order valence-corrected chi connectivity index (χ1v) is 9.54. The maximum absolute atomic E-state index is 12.2. The van der Waals surface area contributed by atoms with E-state index in [1.807, 2.05) is 30.3 Å². The second-order valence-corrected chi connectivity index (χ2v) is 7.80. The number of para-hydroxylation sites is 1. The van der Waals surface area contributed by atoms with Gasteiger partial charge in [-0.25, -0.2) is 0 Å². The highest BCUT2D eigenvalue weighted by atomic mass is 16.2. The van der Waals surface area contributed by atoms with Crippen molar-refractivity contribution >= 4 is 11.6 Å². The van der Waals surface area contributed by atoms with Crippen molar-refractivity contribution in [2.75, 3.05) is 51.6 Å². The summed E-state index contributed by atoms with van der Waals surface area (Å²) in [5.41, 5.74) is 0.875. The van der Waals surface area contributed by atoms with Gasteiger partial charge in [0.25, 0.3) is 0 Å². The minimum Gasteiger partial charge on any atom is -0.325 e. The van der Waals surface area contributed by atoms with E-state index < -0.39 is 0 Å². The molecule has 5 heteroatoms. The standard InChI is InChI=1S/C20H32N4O/c1-16-14-22(3)17(2)13-19(16)24-11-9-23(10-12-24)15-20(25)21-18-7-5-4-6-8-18/h4-8,16-17,19H,9-15H2,1-3H3,(H,21,25)/t16-,17+,19-/m1/s1. The van der Waals surface area contributed by atoms with E-state index in [2.05, 4.69) is 40.9 Å². The molecule has 0 radical (unpaired) electrons. The zero-order valence-electron chi connectivity index (χ0n) is 15.8. The van der Waals surface area contributed by atoms with Crippen LogP contribution in [0.15, 0.2) is 30.3 Å². The third-order valence-corrected chi connectivity index (χ3v) is 5.87. The molecule has 1 N–H and O–H groups in total. The molecule has 2 heterocycles. The first-order chi connectivity index (χ1) is 12.0. The fraction of sp³-hybridized carbons (Fsp3) is 0.650. The summed E-state index contributed by atoms with van der Waals surface area (Å²) in [5, 5.41) is 2.98. The average Bonchev–Trinajstić information content (AvgIpc) is 2.60. The van der Waals surface area contributed by atoms with E-state index in [9.17, 15) is 4.79 Å². The van der Waals surface area contributed by atoms with Gasteiger partial charge in [0.15, 0.2) is 0 Å². The number of carbonyl (C=O) groups is 1. The zero-order valence-corrected chi connectivity index (χ0v) is 15.8. The van der Waals surface area contributed by atoms with Crippen LogP contribution >= 0.6 is 0 Å². The highest BCUT2D eigenvalue weighted by Crippen LogP contribution is 2.26. The van der Waals surface area contributed by atoms with E-state index >= 15 is 0 Å². The number of likely N-dealkylation sites (tertiary alicyclic amines) is 1. The Balaban J connectivity index is 1.45. The molecule has 5 nitrogen and oxygen atoms in total. The van der Waals surface area contributed by atoms with E-state index in [4.69, 9.17) is 0 Å². The van der Waals surface area contributed by atoms with Gasteiger partial charge in [0.2, 0.25) is 5.91 Å². The Kier molecular flexibility index (Phi) is 6.10. The van der Waals surface area contributed by atoms with E-state index in [0.29, 0.717) is 24.5 Å². The molecule has 1 aromatic rings. The summed E-state index contributed by atoms with van der Waals surface area (Å²) in [4.78, 5) is 19.6. The Bertz CT molecular complexity index is 556. The molecule has 1 aromatic carbocycles. The van der Waals surface area contributed by atoms with Gasteiger partial charge in [-0.05, 0) is 38.4 Å². The summed E-state index contributed by atoms with van der Waals surface area (Å²) in [6.45, 7) is 10.5. The fourth-order valence-electron chi connectivity index (χ4n) is 4.20. The zero-order chi connectivity index (χ0) is 17.8. The van der Waals surface area contributed by atoms with Crippen LogP contribution in [0.4, 0.5) is 5.69 Å². The Morgan fingerprint density at radius 2 is 1.80 bits per heavy atom. The number of carbonyl (C=O) groups excluding carboxylic acids is 1. The normalized spacial score (nSPS) is 29.5. The second kappa shape index (κ2) is 8.30. The monoisotopic (exact) mass is 344 g/mol. The van der Waals surface area contributed by atoms with E-state index in [1.54, 1.807) is 0 Å². The van der Waals surface area contributed by atoms with Crippen LogP contribution < -0.4 is 5.32 Å². The van der Waals surface area contributed by atoms with Crippen LogP contribution in [0.2, 0.25) is 0 Å². The van der Waals surface area contributed by atoms with Crippen molar-refractivity contribution in [1.29, 1.82) is 0 Å². The van der Waals surface area contributed by atoms with Crippen molar-refractivity contribution in [2.24, 2.45) is 5.92 Å². The van der Waals surface area contributed by atoms with Gasteiger partial charge in [0.05, 0.1) is 6.54 Å². The first-order valence-electron chi connectivity index (χ1n) is 9.54. The number of rotatable bonds is 4. The Morgan fingerprint density at radius 1 is 1.12 bits per heavy atom. The van der Waals surface area contributed by atoms with Crippen LogP contribution in [-0.4, -0.2) is 79.0 Å². The molecule has 2 saturated heterocycles. The lowest BCUT2D eigenvalue weighted by atomic mass is 9.88. The van der Waals surface area contributed by atoms with Gasteiger partial charge in [0.1, 0.15) is 0 Å². The first kappa shape index (κ1) is 18.4. The molecule has 0 saturated carbocycles. The predicted octanol–water partition coefficient (Wildman–Crippen LogP) is 1.97. The van der Waals surface area contributed by atoms with Crippen molar-refractivity contribution in [2.45, 2.75) is 32.4 Å². The number of benzene rings is 1. The molecule has 0 aromatic heterocycles. The number of hydrogen-bond acceptors (Lipinski definition) is 4. The van der Waals surface area contributed by atoms with Crippen molar-refractivity contribution in [1.82, 2.24) is 14.7 Å². The van der Waals surface area contributed by atoms with Crippen LogP contribution in [0, 0.1) is 5.92 Å². The fourth-order valence-corrected chi connectivity index (χ4v) is 4.20. The number of anilines is 1. The highest BCUT2D eigenvalue weighted by Gasteiger charge is 2.34. The molecular weight excluding hydrogens is 312 g/mol. The van der Waals surface area contributed by atoms with Gasteiger partial charge in [-0.2, -0.15) is 0 Å². The minimum atomic E-state index is 0.0842. The second-order valence-electron chi connectivity index (χ2n) is 7.80. The summed E-state index contributed by atoms with van der Waals surface area (Å²) in [6.07, 6.45) is 1.26. The van der Waals surface area contributed by atoms with E-state index in [-0.39, 0.29) is 5.91 Å². The molecule has 0 bridgehead atoms. The van der Waals surface area contributed by atoms with Gasteiger partial charge < -0.3 is 10.2 Å². The van der Waals surface area contributed by atoms with Crippen LogP contribution in [0.25, 0.3) is 0 Å². The van der Waals surface area contributed by atoms with Crippen molar-refractivity contribution in [3.05, 3.63) is 30.3 Å². The van der Waals surface area contributed by atoms with Gasteiger partial charge in [-0.1, -0.05) is 25.1 Å². The Hall–Kier alpha value is -1.43. The quantitative estimate of drug-likeness (QED) is 0.906. The molecule has 3 atom stereocenters. The smallest absolute Gasteiger partial charge is 0.238 e. The van der Waals surface area contributed by atoms with Crippen molar-refractivity contribution in [3.8, 4) is 0 Å². The maximum atomic E-state index is 12.2. The van der Waals surface area contributed by atoms with E-state index in [0.717, 1.165) is 31.9 Å². The van der Waals surface area contributed by atoms with Gasteiger partial charge >= 0.3 is 0 Å². The topological polar surface area (TPSA) is 38.8 Å². The lowest BCUT2D eigenvalue weighted by Gasteiger charge is -2.47. The molecule has 3 rings (SSSR count). The lowest BCUT2D eigenvalue weighted by Crippen LogP contribution is -2.57. The summed E-state index contributed by atoms with van der Waals surface area (Å²) in [7, 11) is 2.24. The van der Waals surface area contributed by atoms with Crippen LogP contribution in [0.3, 0.4) is 0 Å². The van der Waals surface area contributed by atoms with E-state index in [1.165, 1.54) is 13.0 Å². The molecule has 2 aliphatic heterocycles. The number of amides is 1. The third kappa shape index (κ3) is 4.81. The van der Waals surface area contributed by atoms with Crippen molar-refractivity contribution < 1.29 is 4.79 Å². The van der Waals surface area contributed by atoms with Gasteiger partial charge in [-0.15, -0.1) is 0 Å². The molecule has 0 unspecified atom stereocenters. The van der Waals surface area contributed by atoms with Gasteiger partial charge in [0, 0.05) is 50.5 Å². The van der Waals surface area contributed by atoms with Crippen LogP contribution in [0.5, 0.6) is 0 Å². The summed E-state index contributed by atoms with van der Waals surface area (Å²) in [6, 6.07) is 11.1. The third-order valence-electron chi connectivity index (χ3n) is 5.87. The van der Waals surface area contributed by atoms with Gasteiger partial charge in [-0.3, -0.25) is 14.6 Å². The maximum Gasteiger partial charge on any atom is 0.238 e. The minimum absolute atomic E-state index is 0.0842. The number of nitrogens with zero attached hydrogens (tertiary/aromatic N) is 3. The number of piperazine rings is 1. The number of nitrogens with one attached hydrogen (secondary N) is 1. The largest absolute Gasteiger partial charge is 0.325 e. The molecule has 138 valence electrons. The average molecular weight is 345 g/mol. The number of hydrogen-bond donors (Lipinski definition) is 1. The Labute approximate surface area is 152 Å². The molecule has 0 aliphatic carbocycles. The molecule has 0 spiro atoms. The van der Waals surface area contributed by atoms with Crippen LogP contribution in [0.1, 0.15) is 20.3 Å². The van der Waals surface area contributed by atoms with Crippen molar-refractivity contribution in [3.63, 3.8) is 0 Å². The summed E-state index contributed by atoms with van der Waals surface area (Å²) < 4.78 is 0. The molecular formula is C20H32N4O. The van der Waals surface area contributed by atoms with Crippen LogP contribution in [-0.2, 0) is 4.79 Å². The number of piperidine rings is 1. The molecule has 1 amide bonds. The SMILES string of the molecule is C[C@@H]1CN(C)[C@@H](C)C[C@H]1N1CCN(CC(=O)Nc2ccccc2)CC1. The predicted molar refractivity (Wildman–Crippen MR) is 103 cm³/mol.